The Morgan fingerprint density at radius 1 is 0.867 bits per heavy atom. The highest BCUT2D eigenvalue weighted by Crippen LogP contribution is 2.20. The summed E-state index contributed by atoms with van der Waals surface area (Å²) in [6.45, 7) is 4.14. The number of carbonyl (C=O) groups excluding carboxylic acids is 3. The van der Waals surface area contributed by atoms with E-state index in [9.17, 15) is 24.3 Å². The van der Waals surface area contributed by atoms with Crippen LogP contribution in [0.3, 0.4) is 0 Å². The predicted molar refractivity (Wildman–Crippen MR) is 173 cm³/mol. The second-order valence-electron chi connectivity index (χ2n) is 10.9. The fourth-order valence-corrected chi connectivity index (χ4v) is 4.64. The average Bonchev–Trinajstić information content (AvgIpc) is 3.40. The van der Waals surface area contributed by atoms with Crippen LogP contribution in [0, 0.1) is 5.92 Å². The molecule has 1 aromatic heterocycles. The number of para-hydroxylation sites is 1. The van der Waals surface area contributed by atoms with Gasteiger partial charge in [-0.3, -0.25) is 24.4 Å². The number of aromatic amines is 1. The van der Waals surface area contributed by atoms with E-state index >= 15 is 0 Å². The van der Waals surface area contributed by atoms with Gasteiger partial charge in [-0.25, -0.2) is 4.79 Å². The maximum Gasteiger partial charge on any atom is 0.326 e. The fraction of sp³-hybridized carbons (Fsp3) is 0.517. The van der Waals surface area contributed by atoms with Crippen LogP contribution in [0.1, 0.15) is 51.5 Å². The molecule has 248 valence electrons. The van der Waals surface area contributed by atoms with Gasteiger partial charge in [-0.15, -0.1) is 0 Å². The molecule has 2 rings (SSSR count). The van der Waals surface area contributed by atoms with Crippen molar-refractivity contribution < 1.29 is 24.3 Å². The van der Waals surface area contributed by atoms with Crippen LogP contribution in [-0.4, -0.2) is 83.0 Å². The average molecular weight is 630 g/mol. The number of rotatable bonds is 19. The Morgan fingerprint density at radius 3 is 2.07 bits per heavy atom. The van der Waals surface area contributed by atoms with Crippen molar-refractivity contribution in [3.05, 3.63) is 36.0 Å². The molecule has 0 fully saturated rings. The van der Waals surface area contributed by atoms with E-state index in [2.05, 4.69) is 30.9 Å². The molecule has 0 aliphatic carbocycles. The van der Waals surface area contributed by atoms with Gasteiger partial charge in [0.15, 0.2) is 11.9 Å². The van der Waals surface area contributed by atoms with Crippen LogP contribution in [0.4, 0.5) is 0 Å². The number of hydrogen-bond donors (Lipinski definition) is 10. The molecule has 5 atom stereocenters. The second kappa shape index (κ2) is 18.1. The molecule has 0 aliphatic heterocycles. The van der Waals surface area contributed by atoms with Crippen LogP contribution in [0.5, 0.6) is 0 Å². The molecule has 2 aromatic rings. The van der Waals surface area contributed by atoms with E-state index in [-0.39, 0.29) is 43.6 Å². The number of benzene rings is 1. The molecule has 16 nitrogen and oxygen atoms in total. The first kappa shape index (κ1) is 36.3. The van der Waals surface area contributed by atoms with Crippen LogP contribution < -0.4 is 44.6 Å². The zero-order chi connectivity index (χ0) is 33.5. The highest BCUT2D eigenvalue weighted by atomic mass is 16.4. The highest BCUT2D eigenvalue weighted by Gasteiger charge is 2.33. The Hall–Kier alpha value is -4.86. The summed E-state index contributed by atoms with van der Waals surface area (Å²) in [4.78, 5) is 63.0. The number of H-pyrrole nitrogens is 1. The van der Waals surface area contributed by atoms with Gasteiger partial charge in [0.05, 0.1) is 6.04 Å². The number of aromatic nitrogens is 1. The topological polar surface area (TPSA) is 295 Å². The Morgan fingerprint density at radius 2 is 1.47 bits per heavy atom. The molecule has 0 saturated heterocycles. The number of nitrogens with one attached hydrogen (secondary N) is 4. The number of aliphatic carboxylic acids is 1. The fourth-order valence-electron chi connectivity index (χ4n) is 4.64. The van der Waals surface area contributed by atoms with Crippen molar-refractivity contribution in [2.75, 3.05) is 13.1 Å². The van der Waals surface area contributed by atoms with Crippen molar-refractivity contribution in [3.8, 4) is 0 Å². The molecule has 16 heteroatoms. The number of guanidine groups is 2. The minimum atomic E-state index is -1.25. The maximum absolute atomic E-state index is 13.7. The van der Waals surface area contributed by atoms with E-state index in [4.69, 9.17) is 28.7 Å². The third-order valence-electron chi connectivity index (χ3n) is 7.39. The maximum atomic E-state index is 13.7. The molecular weight excluding hydrogens is 582 g/mol. The normalized spacial score (nSPS) is 14.3. The first-order valence-corrected chi connectivity index (χ1v) is 14.9. The number of nitrogens with two attached hydrogens (primary N) is 5. The lowest BCUT2D eigenvalue weighted by atomic mass is 9.96. The summed E-state index contributed by atoms with van der Waals surface area (Å²) in [5, 5.41) is 18.6. The molecule has 5 unspecified atom stereocenters. The number of aliphatic imine (C=N–C) groups is 2. The third kappa shape index (κ3) is 12.0. The van der Waals surface area contributed by atoms with Gasteiger partial charge >= 0.3 is 5.97 Å². The SMILES string of the molecule is CCC(C)C(NC(=O)C(N)CCCN=C(N)N)C(=O)NC(Cc1c[nH]c2ccccc12)C(=O)NC(CCCN=C(N)N)C(=O)O. The Bertz CT molecular complexity index is 1350. The molecule has 1 heterocycles. The number of nitrogens with zero attached hydrogens (tertiary/aromatic N) is 2. The number of carbonyl (C=O) groups is 4. The number of carboxylic acid groups (broad SMARTS) is 1. The predicted octanol–water partition coefficient (Wildman–Crippen LogP) is -1.27. The van der Waals surface area contributed by atoms with Crippen LogP contribution in [0.15, 0.2) is 40.4 Å². The van der Waals surface area contributed by atoms with Gasteiger partial charge < -0.3 is 54.7 Å². The highest BCUT2D eigenvalue weighted by molar-refractivity contribution is 5.95. The summed E-state index contributed by atoms with van der Waals surface area (Å²) in [5.74, 6) is -3.59. The van der Waals surface area contributed by atoms with E-state index in [1.807, 2.05) is 31.2 Å². The monoisotopic (exact) mass is 629 g/mol. The molecule has 0 radical (unpaired) electrons. The minimum Gasteiger partial charge on any atom is -0.480 e. The zero-order valence-corrected chi connectivity index (χ0v) is 25.8. The van der Waals surface area contributed by atoms with Gasteiger partial charge in [-0.2, -0.15) is 0 Å². The van der Waals surface area contributed by atoms with Gasteiger partial charge in [0, 0.05) is 36.6 Å². The summed E-state index contributed by atoms with van der Waals surface area (Å²) in [6, 6.07) is 3.10. The lowest BCUT2D eigenvalue weighted by molar-refractivity contribution is -0.142. The van der Waals surface area contributed by atoms with E-state index in [0.717, 1.165) is 16.5 Å². The van der Waals surface area contributed by atoms with Crippen molar-refractivity contribution in [1.82, 2.24) is 20.9 Å². The summed E-state index contributed by atoms with van der Waals surface area (Å²) in [5.41, 5.74) is 29.0. The summed E-state index contributed by atoms with van der Waals surface area (Å²) >= 11 is 0. The lowest BCUT2D eigenvalue weighted by Gasteiger charge is -2.28. The van der Waals surface area contributed by atoms with E-state index in [0.29, 0.717) is 25.8 Å². The minimum absolute atomic E-state index is 0.0490. The number of carboxylic acids is 1. The lowest BCUT2D eigenvalue weighted by Crippen LogP contribution is -2.59. The summed E-state index contributed by atoms with van der Waals surface area (Å²) < 4.78 is 0. The van der Waals surface area contributed by atoms with Crippen molar-refractivity contribution in [3.63, 3.8) is 0 Å². The number of amides is 3. The van der Waals surface area contributed by atoms with Gasteiger partial charge in [-0.1, -0.05) is 38.5 Å². The Kier molecular flexibility index (Phi) is 14.6. The molecule has 0 bridgehead atoms. The summed E-state index contributed by atoms with van der Waals surface area (Å²) in [6.07, 6.45) is 3.40. The van der Waals surface area contributed by atoms with Crippen molar-refractivity contribution in [2.24, 2.45) is 44.6 Å². The molecule has 0 aliphatic rings. The van der Waals surface area contributed by atoms with E-state index in [1.165, 1.54) is 0 Å². The smallest absolute Gasteiger partial charge is 0.326 e. The molecular formula is C29H47N11O5. The van der Waals surface area contributed by atoms with Gasteiger partial charge in [0.25, 0.3) is 0 Å². The van der Waals surface area contributed by atoms with E-state index in [1.54, 1.807) is 13.1 Å². The molecule has 0 saturated carbocycles. The number of fused-ring (bicyclic) bond motifs is 1. The van der Waals surface area contributed by atoms with E-state index < -0.39 is 47.9 Å². The standard InChI is InChI=1S/C29H47N11O5/c1-3-16(2)23(40-24(41)19(30)9-6-12-35-28(31)32)26(43)39-22(14-17-15-37-20-10-5-4-8-18(17)20)25(42)38-21(27(44)45)11-7-13-36-29(33)34/h4-5,8,10,15-16,19,21-23,37H,3,6-7,9,11-14,30H2,1-2H3,(H,38,42)(H,39,43)(H,40,41)(H,44,45)(H4,31,32,35)(H4,33,34,36). The zero-order valence-electron chi connectivity index (χ0n) is 25.8. The van der Waals surface area contributed by atoms with Crippen LogP contribution in [-0.2, 0) is 25.6 Å². The summed E-state index contributed by atoms with van der Waals surface area (Å²) in [7, 11) is 0. The van der Waals surface area contributed by atoms with Crippen LogP contribution in [0.25, 0.3) is 10.9 Å². The van der Waals surface area contributed by atoms with Crippen LogP contribution in [0.2, 0.25) is 0 Å². The van der Waals surface area contributed by atoms with Crippen molar-refractivity contribution in [1.29, 1.82) is 0 Å². The second-order valence-corrected chi connectivity index (χ2v) is 10.9. The Labute approximate surface area is 262 Å². The quantitative estimate of drug-likeness (QED) is 0.0499. The molecule has 1 aromatic carbocycles. The van der Waals surface area contributed by atoms with Gasteiger partial charge in [0.1, 0.15) is 18.1 Å². The van der Waals surface area contributed by atoms with Crippen molar-refractivity contribution in [2.45, 2.75) is 76.5 Å². The molecule has 3 amide bonds. The number of hydrogen-bond acceptors (Lipinski definition) is 7. The first-order valence-electron chi connectivity index (χ1n) is 14.9. The van der Waals surface area contributed by atoms with Crippen molar-refractivity contribution >= 4 is 46.5 Å². The Balaban J connectivity index is 2.26. The molecule has 45 heavy (non-hydrogen) atoms. The molecule has 15 N–H and O–H groups in total. The van der Waals surface area contributed by atoms with Gasteiger partial charge in [0.2, 0.25) is 17.7 Å². The third-order valence-corrected chi connectivity index (χ3v) is 7.39. The van der Waals surface area contributed by atoms with Crippen LogP contribution >= 0.6 is 0 Å². The first-order chi connectivity index (χ1) is 21.3. The van der Waals surface area contributed by atoms with Gasteiger partial charge in [-0.05, 0) is 43.2 Å². The largest absolute Gasteiger partial charge is 0.480 e. The molecule has 0 spiro atoms.